The summed E-state index contributed by atoms with van der Waals surface area (Å²) >= 11 is 1.74. The zero-order chi connectivity index (χ0) is 13.5. The smallest absolute Gasteiger partial charge is 0.119 e. The summed E-state index contributed by atoms with van der Waals surface area (Å²) in [4.78, 5) is 3.60. The molecule has 1 atom stereocenters. The Labute approximate surface area is 120 Å². The first-order chi connectivity index (χ1) is 9.33. The van der Waals surface area contributed by atoms with Gasteiger partial charge in [0.2, 0.25) is 0 Å². The van der Waals surface area contributed by atoms with Crippen molar-refractivity contribution in [3.8, 4) is 5.75 Å². The van der Waals surface area contributed by atoms with Gasteiger partial charge in [-0.25, -0.2) is 0 Å². The Kier molecular flexibility index (Phi) is 6.01. The normalized spacial score (nSPS) is 20.4. The predicted octanol–water partition coefficient (Wildman–Crippen LogP) is 2.63. The molecule has 106 valence electrons. The molecule has 2 rings (SSSR count). The van der Waals surface area contributed by atoms with E-state index in [1.165, 1.54) is 17.7 Å². The summed E-state index contributed by atoms with van der Waals surface area (Å²) < 4.78 is 5.77. The van der Waals surface area contributed by atoms with Gasteiger partial charge >= 0.3 is 0 Å². The molecule has 19 heavy (non-hydrogen) atoms. The standard InChI is InChI=1S/C15H23NO2S/c1-19-15-7-5-14(6-8-15)18-11-10-16-9-3-2-4-13(16)12-17/h5-8,13,17H,2-4,9-12H2,1H3. The van der Waals surface area contributed by atoms with Gasteiger partial charge in [0.25, 0.3) is 0 Å². The molecule has 1 N–H and O–H groups in total. The number of ether oxygens (including phenoxy) is 1. The lowest BCUT2D eigenvalue weighted by atomic mass is 10.0. The highest BCUT2D eigenvalue weighted by molar-refractivity contribution is 7.98. The molecule has 1 saturated heterocycles. The van der Waals surface area contributed by atoms with E-state index in [-0.39, 0.29) is 6.61 Å². The number of hydrogen-bond donors (Lipinski definition) is 1. The first-order valence-electron chi connectivity index (χ1n) is 6.95. The Morgan fingerprint density at radius 2 is 2.11 bits per heavy atom. The van der Waals surface area contributed by atoms with Gasteiger partial charge in [0.1, 0.15) is 12.4 Å². The van der Waals surface area contributed by atoms with E-state index in [9.17, 15) is 5.11 Å². The van der Waals surface area contributed by atoms with Crippen LogP contribution < -0.4 is 4.74 Å². The predicted molar refractivity (Wildman–Crippen MR) is 80.0 cm³/mol. The van der Waals surface area contributed by atoms with Crippen LogP contribution in [0.4, 0.5) is 0 Å². The van der Waals surface area contributed by atoms with Gasteiger partial charge < -0.3 is 9.84 Å². The molecular formula is C15H23NO2S. The molecule has 3 nitrogen and oxygen atoms in total. The van der Waals surface area contributed by atoms with Gasteiger partial charge in [-0.3, -0.25) is 4.90 Å². The van der Waals surface area contributed by atoms with Crippen LogP contribution in [0.25, 0.3) is 0 Å². The summed E-state index contributed by atoms with van der Waals surface area (Å²) in [5.41, 5.74) is 0. The van der Waals surface area contributed by atoms with Crippen molar-refractivity contribution >= 4 is 11.8 Å². The Morgan fingerprint density at radius 3 is 2.79 bits per heavy atom. The fourth-order valence-electron chi connectivity index (χ4n) is 2.51. The summed E-state index contributed by atoms with van der Waals surface area (Å²) in [5, 5.41) is 9.35. The minimum Gasteiger partial charge on any atom is -0.492 e. The number of hydrogen-bond acceptors (Lipinski definition) is 4. The van der Waals surface area contributed by atoms with E-state index in [4.69, 9.17) is 4.74 Å². The quantitative estimate of drug-likeness (QED) is 0.813. The molecule has 4 heteroatoms. The summed E-state index contributed by atoms with van der Waals surface area (Å²) in [6.07, 6.45) is 5.65. The number of piperidine rings is 1. The molecule has 1 aromatic carbocycles. The maximum Gasteiger partial charge on any atom is 0.119 e. The van der Waals surface area contributed by atoms with Gasteiger partial charge in [-0.15, -0.1) is 11.8 Å². The lowest BCUT2D eigenvalue weighted by Gasteiger charge is -2.34. The van der Waals surface area contributed by atoms with Gasteiger partial charge in [-0.2, -0.15) is 0 Å². The van der Waals surface area contributed by atoms with Crippen LogP contribution in [0.5, 0.6) is 5.75 Å². The average molecular weight is 281 g/mol. The largest absolute Gasteiger partial charge is 0.492 e. The molecule has 0 aromatic heterocycles. The molecule has 0 amide bonds. The van der Waals surface area contributed by atoms with Crippen molar-refractivity contribution in [3.05, 3.63) is 24.3 Å². The summed E-state index contributed by atoms with van der Waals surface area (Å²) in [5.74, 6) is 0.926. The number of aliphatic hydroxyl groups excluding tert-OH is 1. The molecule has 1 heterocycles. The fourth-order valence-corrected chi connectivity index (χ4v) is 2.92. The molecule has 1 unspecified atom stereocenters. The van der Waals surface area contributed by atoms with E-state index < -0.39 is 0 Å². The van der Waals surface area contributed by atoms with Crippen LogP contribution in [0.2, 0.25) is 0 Å². The zero-order valence-corrected chi connectivity index (χ0v) is 12.4. The average Bonchev–Trinajstić information content (AvgIpc) is 2.48. The highest BCUT2D eigenvalue weighted by atomic mass is 32.2. The maximum atomic E-state index is 9.35. The molecule has 1 aliphatic heterocycles. The van der Waals surface area contributed by atoms with Crippen molar-refractivity contribution in [2.45, 2.75) is 30.2 Å². The first-order valence-corrected chi connectivity index (χ1v) is 8.17. The van der Waals surface area contributed by atoms with Gasteiger partial charge in [-0.05, 0) is 49.9 Å². The number of nitrogens with zero attached hydrogens (tertiary/aromatic N) is 1. The second kappa shape index (κ2) is 7.78. The van der Waals surface area contributed by atoms with Crippen molar-refractivity contribution in [1.29, 1.82) is 0 Å². The second-order valence-electron chi connectivity index (χ2n) is 4.89. The van der Waals surface area contributed by atoms with Crippen molar-refractivity contribution in [3.63, 3.8) is 0 Å². The minimum atomic E-state index is 0.266. The van der Waals surface area contributed by atoms with Crippen molar-refractivity contribution in [2.24, 2.45) is 0 Å². The van der Waals surface area contributed by atoms with Crippen LogP contribution in [0.1, 0.15) is 19.3 Å². The van der Waals surface area contributed by atoms with Crippen LogP contribution >= 0.6 is 11.8 Å². The van der Waals surface area contributed by atoms with Crippen LogP contribution in [-0.4, -0.2) is 48.6 Å². The van der Waals surface area contributed by atoms with E-state index >= 15 is 0 Å². The molecule has 0 saturated carbocycles. The topological polar surface area (TPSA) is 32.7 Å². The van der Waals surface area contributed by atoms with Gasteiger partial charge in [0.15, 0.2) is 0 Å². The molecule has 1 aromatic rings. The summed E-state index contributed by atoms with van der Waals surface area (Å²) in [7, 11) is 0. The lowest BCUT2D eigenvalue weighted by Crippen LogP contribution is -2.43. The van der Waals surface area contributed by atoms with Crippen LogP contribution in [0.3, 0.4) is 0 Å². The second-order valence-corrected chi connectivity index (χ2v) is 5.77. The molecular weight excluding hydrogens is 258 g/mol. The maximum absolute atomic E-state index is 9.35. The van der Waals surface area contributed by atoms with Crippen LogP contribution in [0.15, 0.2) is 29.2 Å². The number of aliphatic hydroxyl groups is 1. The highest BCUT2D eigenvalue weighted by Gasteiger charge is 2.20. The molecule has 1 aliphatic rings. The minimum absolute atomic E-state index is 0.266. The first kappa shape index (κ1) is 14.7. The number of likely N-dealkylation sites (tertiary alicyclic amines) is 1. The van der Waals surface area contributed by atoms with Crippen molar-refractivity contribution < 1.29 is 9.84 Å². The summed E-state index contributed by atoms with van der Waals surface area (Å²) in [6, 6.07) is 8.53. The Balaban J connectivity index is 1.75. The highest BCUT2D eigenvalue weighted by Crippen LogP contribution is 2.19. The van der Waals surface area contributed by atoms with E-state index in [1.54, 1.807) is 11.8 Å². The van der Waals surface area contributed by atoms with Gasteiger partial charge in [0, 0.05) is 17.5 Å². The number of thioether (sulfide) groups is 1. The fraction of sp³-hybridized carbons (Fsp3) is 0.600. The number of rotatable bonds is 6. The van der Waals surface area contributed by atoms with Gasteiger partial charge in [0.05, 0.1) is 6.61 Å². The Bertz CT molecular complexity index is 369. The molecule has 0 aliphatic carbocycles. The van der Waals surface area contributed by atoms with Crippen molar-refractivity contribution in [2.75, 3.05) is 32.6 Å². The molecule has 0 bridgehead atoms. The molecule has 0 spiro atoms. The Hall–Kier alpha value is -0.710. The third kappa shape index (κ3) is 4.41. The van der Waals surface area contributed by atoms with Crippen LogP contribution in [-0.2, 0) is 0 Å². The SMILES string of the molecule is CSc1ccc(OCCN2CCCCC2CO)cc1. The van der Waals surface area contributed by atoms with E-state index in [0.29, 0.717) is 12.6 Å². The number of benzene rings is 1. The lowest BCUT2D eigenvalue weighted by molar-refractivity contribution is 0.0773. The molecule has 1 fully saturated rings. The third-order valence-electron chi connectivity index (χ3n) is 3.67. The van der Waals surface area contributed by atoms with Crippen molar-refractivity contribution in [1.82, 2.24) is 4.90 Å². The monoisotopic (exact) mass is 281 g/mol. The van der Waals surface area contributed by atoms with E-state index in [1.807, 2.05) is 12.1 Å². The van der Waals surface area contributed by atoms with E-state index in [2.05, 4.69) is 23.3 Å². The summed E-state index contributed by atoms with van der Waals surface area (Å²) in [6.45, 7) is 2.94. The molecule has 0 radical (unpaired) electrons. The third-order valence-corrected chi connectivity index (χ3v) is 4.41. The van der Waals surface area contributed by atoms with E-state index in [0.717, 1.165) is 25.3 Å². The van der Waals surface area contributed by atoms with Crippen LogP contribution in [0, 0.1) is 0 Å². The van der Waals surface area contributed by atoms with Gasteiger partial charge in [-0.1, -0.05) is 6.42 Å². The zero-order valence-electron chi connectivity index (χ0n) is 11.5. The Morgan fingerprint density at radius 1 is 1.32 bits per heavy atom.